The number of rotatable bonds is 4. The molecule has 0 aliphatic carbocycles. The van der Waals surface area contributed by atoms with Gasteiger partial charge in [-0.2, -0.15) is 0 Å². The summed E-state index contributed by atoms with van der Waals surface area (Å²) in [7, 11) is 0. The number of aryl methyl sites for hydroxylation is 1. The van der Waals surface area contributed by atoms with E-state index >= 15 is 0 Å². The fourth-order valence-electron chi connectivity index (χ4n) is 2.97. The van der Waals surface area contributed by atoms with Gasteiger partial charge in [0.2, 0.25) is 0 Å². The van der Waals surface area contributed by atoms with E-state index in [1.165, 1.54) is 12.1 Å². The minimum Gasteiger partial charge on any atom is -0.457 e. The molecule has 0 radical (unpaired) electrons. The Kier molecular flexibility index (Phi) is 4.33. The number of furan rings is 1. The zero-order valence-corrected chi connectivity index (χ0v) is 14.8. The molecule has 0 atom stereocenters. The van der Waals surface area contributed by atoms with Crippen molar-refractivity contribution in [1.29, 1.82) is 0 Å². The summed E-state index contributed by atoms with van der Waals surface area (Å²) in [5.74, 6) is 0.442. The Hall–Kier alpha value is -4.00. The van der Waals surface area contributed by atoms with E-state index in [4.69, 9.17) is 9.25 Å². The van der Waals surface area contributed by atoms with Crippen LogP contribution in [0.4, 0.5) is 5.69 Å². The first-order valence-corrected chi connectivity index (χ1v) is 8.45. The highest BCUT2D eigenvalue weighted by atomic mass is 16.7. The largest absolute Gasteiger partial charge is 0.457 e. The molecular weight excluding hydrogens is 360 g/mol. The highest BCUT2D eigenvalue weighted by Crippen LogP contribution is 2.30. The molecule has 1 aromatic heterocycles. The van der Waals surface area contributed by atoms with Crippen LogP contribution in [0.5, 0.6) is 0 Å². The van der Waals surface area contributed by atoms with E-state index in [2.05, 4.69) is 5.16 Å². The van der Waals surface area contributed by atoms with E-state index in [-0.39, 0.29) is 5.69 Å². The molecule has 7 nitrogen and oxygen atoms in total. The average molecular weight is 374 g/mol. The molecule has 28 heavy (non-hydrogen) atoms. The molecule has 0 N–H and O–H groups in total. The first kappa shape index (κ1) is 17.4. The Morgan fingerprint density at radius 3 is 2.57 bits per heavy atom. The smallest absolute Gasteiger partial charge is 0.368 e. The fourth-order valence-corrected chi connectivity index (χ4v) is 2.97. The molecule has 1 aliphatic rings. The van der Waals surface area contributed by atoms with Crippen LogP contribution in [0.2, 0.25) is 0 Å². The van der Waals surface area contributed by atoms with Gasteiger partial charge >= 0.3 is 5.97 Å². The second-order valence-electron chi connectivity index (χ2n) is 6.20. The number of non-ortho nitro benzene ring substituents is 1. The molecule has 138 valence electrons. The van der Waals surface area contributed by atoms with Gasteiger partial charge in [0.15, 0.2) is 0 Å². The zero-order valence-electron chi connectivity index (χ0n) is 14.8. The third kappa shape index (κ3) is 3.21. The van der Waals surface area contributed by atoms with Crippen molar-refractivity contribution >= 4 is 23.4 Å². The van der Waals surface area contributed by atoms with Crippen molar-refractivity contribution in [2.24, 2.45) is 5.16 Å². The number of nitro benzene ring substituents is 1. The highest BCUT2D eigenvalue weighted by Gasteiger charge is 2.27. The van der Waals surface area contributed by atoms with Crippen LogP contribution in [0.1, 0.15) is 16.9 Å². The van der Waals surface area contributed by atoms with E-state index < -0.39 is 10.9 Å². The predicted molar refractivity (Wildman–Crippen MR) is 103 cm³/mol. The highest BCUT2D eigenvalue weighted by molar-refractivity contribution is 6.31. The first-order chi connectivity index (χ1) is 13.5. The maximum Gasteiger partial charge on any atom is 0.368 e. The van der Waals surface area contributed by atoms with Crippen LogP contribution in [0.3, 0.4) is 0 Å². The van der Waals surface area contributed by atoms with Gasteiger partial charge in [-0.25, -0.2) is 4.79 Å². The number of nitrogens with zero attached hydrogens (tertiary/aromatic N) is 2. The average Bonchev–Trinajstić information content (AvgIpc) is 3.30. The Bertz CT molecular complexity index is 1140. The first-order valence-electron chi connectivity index (χ1n) is 8.45. The Morgan fingerprint density at radius 1 is 1.07 bits per heavy atom. The topological polar surface area (TPSA) is 94.9 Å². The minimum atomic E-state index is -0.552. The van der Waals surface area contributed by atoms with Crippen LogP contribution in [0.25, 0.3) is 17.4 Å². The summed E-state index contributed by atoms with van der Waals surface area (Å²) >= 11 is 0. The van der Waals surface area contributed by atoms with Crippen LogP contribution in [0.15, 0.2) is 75.8 Å². The maximum atomic E-state index is 12.1. The molecule has 0 unspecified atom stereocenters. The molecule has 0 amide bonds. The monoisotopic (exact) mass is 374 g/mol. The SMILES string of the molecule is Cc1cc([N+](=O)[O-])ccc1-c1ccc(C=C2C(=O)ON=C2c2ccccc2)o1. The van der Waals surface area contributed by atoms with Gasteiger partial charge in [0, 0.05) is 23.3 Å². The number of hydrogen-bond donors (Lipinski definition) is 0. The number of carbonyl (C=O) groups is 1. The van der Waals surface area contributed by atoms with E-state index in [9.17, 15) is 14.9 Å². The molecule has 3 aromatic rings. The summed E-state index contributed by atoms with van der Waals surface area (Å²) in [4.78, 5) is 27.4. The van der Waals surface area contributed by atoms with Crippen molar-refractivity contribution < 1.29 is 19.0 Å². The third-order valence-corrected chi connectivity index (χ3v) is 4.34. The Balaban J connectivity index is 1.67. The molecule has 2 aromatic carbocycles. The molecule has 0 spiro atoms. The van der Waals surface area contributed by atoms with Crippen molar-refractivity contribution in [2.45, 2.75) is 6.92 Å². The molecular formula is C21H14N2O5. The van der Waals surface area contributed by atoms with Crippen LogP contribution in [-0.4, -0.2) is 16.6 Å². The van der Waals surface area contributed by atoms with E-state index in [1.807, 2.05) is 30.3 Å². The van der Waals surface area contributed by atoms with Crippen molar-refractivity contribution in [1.82, 2.24) is 0 Å². The Labute approximate surface area is 159 Å². The fraction of sp³-hybridized carbons (Fsp3) is 0.0476. The van der Waals surface area contributed by atoms with E-state index in [1.54, 1.807) is 31.2 Å². The van der Waals surface area contributed by atoms with Gasteiger partial charge in [-0.3, -0.25) is 10.1 Å². The lowest BCUT2D eigenvalue weighted by Crippen LogP contribution is -2.06. The standard InChI is InChI=1S/C21H14N2O5/c1-13-11-15(23(25)26)7-9-17(13)19-10-8-16(27-19)12-18-20(22-28-21(18)24)14-5-3-2-4-6-14/h2-12H,1H3. The van der Waals surface area contributed by atoms with Gasteiger partial charge in [-0.15, -0.1) is 0 Å². The number of carbonyl (C=O) groups excluding carboxylic acids is 1. The molecule has 0 fully saturated rings. The predicted octanol–water partition coefficient (Wildman–Crippen LogP) is 4.51. The second kappa shape index (κ2) is 6.96. The van der Waals surface area contributed by atoms with Crippen LogP contribution < -0.4 is 0 Å². The minimum absolute atomic E-state index is 0.0209. The van der Waals surface area contributed by atoms with Crippen molar-refractivity contribution in [3.63, 3.8) is 0 Å². The lowest BCUT2D eigenvalue weighted by molar-refractivity contribution is -0.384. The summed E-state index contributed by atoms with van der Waals surface area (Å²) in [5.41, 5.74) is 2.98. The van der Waals surface area contributed by atoms with E-state index in [0.717, 1.165) is 16.7 Å². The third-order valence-electron chi connectivity index (χ3n) is 4.34. The molecule has 0 saturated heterocycles. The normalized spacial score (nSPS) is 14.8. The molecule has 4 rings (SSSR count). The second-order valence-corrected chi connectivity index (χ2v) is 6.20. The number of nitro groups is 1. The summed E-state index contributed by atoms with van der Waals surface area (Å²) < 4.78 is 5.84. The summed E-state index contributed by atoms with van der Waals surface area (Å²) in [6.45, 7) is 1.78. The maximum absolute atomic E-state index is 12.1. The quantitative estimate of drug-likeness (QED) is 0.290. The Morgan fingerprint density at radius 2 is 1.86 bits per heavy atom. The van der Waals surface area contributed by atoms with Gasteiger partial charge in [0.25, 0.3) is 5.69 Å². The number of oxime groups is 1. The van der Waals surface area contributed by atoms with Crippen LogP contribution in [-0.2, 0) is 9.63 Å². The molecule has 0 bridgehead atoms. The van der Waals surface area contributed by atoms with Gasteiger partial charge in [-0.1, -0.05) is 35.5 Å². The number of benzene rings is 2. The van der Waals surface area contributed by atoms with Crippen LogP contribution in [0, 0.1) is 17.0 Å². The van der Waals surface area contributed by atoms with E-state index in [0.29, 0.717) is 22.8 Å². The zero-order chi connectivity index (χ0) is 19.7. The molecule has 0 saturated carbocycles. The number of hydrogen-bond acceptors (Lipinski definition) is 6. The van der Waals surface area contributed by atoms with Crippen LogP contribution >= 0.6 is 0 Å². The molecule has 2 heterocycles. The molecule has 1 aliphatic heterocycles. The lowest BCUT2D eigenvalue weighted by atomic mass is 10.0. The van der Waals surface area contributed by atoms with Gasteiger partial charge in [0.1, 0.15) is 17.2 Å². The summed E-state index contributed by atoms with van der Waals surface area (Å²) in [5, 5.41) is 14.8. The van der Waals surface area contributed by atoms with Crippen molar-refractivity contribution in [3.05, 3.63) is 93.2 Å². The van der Waals surface area contributed by atoms with Gasteiger partial charge in [0.05, 0.1) is 10.5 Å². The summed E-state index contributed by atoms with van der Waals surface area (Å²) in [6.07, 6.45) is 1.57. The summed E-state index contributed by atoms with van der Waals surface area (Å²) in [6, 6.07) is 17.3. The lowest BCUT2D eigenvalue weighted by Gasteiger charge is -2.02. The van der Waals surface area contributed by atoms with Crippen molar-refractivity contribution in [2.75, 3.05) is 0 Å². The van der Waals surface area contributed by atoms with Gasteiger partial charge in [-0.05, 0) is 36.8 Å². The van der Waals surface area contributed by atoms with Gasteiger partial charge < -0.3 is 9.25 Å². The molecule has 7 heteroatoms. The van der Waals surface area contributed by atoms with Crippen molar-refractivity contribution in [3.8, 4) is 11.3 Å².